The van der Waals surface area contributed by atoms with E-state index in [9.17, 15) is 22.7 Å². The molecule has 0 bridgehead atoms. The molecule has 0 fully saturated rings. The van der Waals surface area contributed by atoms with Crippen molar-refractivity contribution in [1.82, 2.24) is 4.31 Å². The first kappa shape index (κ1) is 18.0. The van der Waals surface area contributed by atoms with Crippen LogP contribution in [0.5, 0.6) is 0 Å². The highest BCUT2D eigenvalue weighted by molar-refractivity contribution is 8.02. The van der Waals surface area contributed by atoms with Gasteiger partial charge < -0.3 is 0 Å². The minimum Gasteiger partial charge on any atom is -0.258 e. The van der Waals surface area contributed by atoms with Crippen LogP contribution in [0.1, 0.15) is 0 Å². The lowest BCUT2D eigenvalue weighted by Crippen LogP contribution is -2.23. The molecule has 0 spiro atoms. The summed E-state index contributed by atoms with van der Waals surface area (Å²) in [5.41, 5.74) is -0.190. The van der Waals surface area contributed by atoms with Crippen LogP contribution < -0.4 is 0 Å². The molecule has 0 aromatic heterocycles. The van der Waals surface area contributed by atoms with Crippen molar-refractivity contribution in [2.75, 3.05) is 14.1 Å². The van der Waals surface area contributed by atoms with Crippen molar-refractivity contribution in [2.45, 2.75) is 9.79 Å². The summed E-state index contributed by atoms with van der Waals surface area (Å²) >= 11 is 0. The molecule has 8 nitrogen and oxygen atoms in total. The number of hydrogen-bond donors (Lipinski definition) is 0. The van der Waals surface area contributed by atoms with E-state index in [-0.39, 0.29) is 15.5 Å². The molecule has 0 saturated carbocycles. The molecule has 128 valence electrons. The first-order chi connectivity index (χ1) is 11.2. The van der Waals surface area contributed by atoms with Crippen LogP contribution in [0.2, 0.25) is 0 Å². The van der Waals surface area contributed by atoms with E-state index in [1.54, 1.807) is 6.07 Å². The molecule has 0 amide bonds. The molecule has 0 aliphatic heterocycles. The number of rotatable bonds is 5. The Morgan fingerprint density at radius 1 is 0.917 bits per heavy atom. The van der Waals surface area contributed by atoms with Crippen molar-refractivity contribution >= 4 is 25.6 Å². The third kappa shape index (κ3) is 3.61. The Bertz CT molecular complexity index is 961. The Balaban J connectivity index is 2.63. The first-order valence-corrected chi connectivity index (χ1v) is 9.58. The monoisotopic (exact) mass is 369 g/mol. The van der Waals surface area contributed by atoms with E-state index in [0.717, 1.165) is 12.1 Å². The van der Waals surface area contributed by atoms with E-state index in [2.05, 4.69) is 3.77 Å². The van der Waals surface area contributed by atoms with Crippen LogP contribution in [0.4, 0.5) is 5.69 Å². The summed E-state index contributed by atoms with van der Waals surface area (Å²) in [6.45, 7) is 0. The third-order valence-electron chi connectivity index (χ3n) is 3.09. The summed E-state index contributed by atoms with van der Waals surface area (Å²) < 4.78 is 42.8. The average Bonchev–Trinajstić information content (AvgIpc) is 2.55. The normalized spacial score (nSPS) is 14.1. The highest BCUT2D eigenvalue weighted by atomic mass is 32.3. The second-order valence-electron chi connectivity index (χ2n) is 4.92. The maximum Gasteiger partial charge on any atom is 0.291 e. The standard InChI is InChI=1S/C14H15N3O5S2/c1-16(2)23(20,13-10-8-12(9-11-13)17(18)19)15-24(21,22)14-6-4-3-5-7-14/h3-11H,1-2H3/t23-/m0/s1. The van der Waals surface area contributed by atoms with E-state index in [1.807, 2.05) is 0 Å². The lowest BCUT2D eigenvalue weighted by molar-refractivity contribution is -0.384. The van der Waals surface area contributed by atoms with Crippen LogP contribution in [0.25, 0.3) is 0 Å². The van der Waals surface area contributed by atoms with E-state index in [0.29, 0.717) is 0 Å². The predicted molar refractivity (Wildman–Crippen MR) is 89.2 cm³/mol. The van der Waals surface area contributed by atoms with Gasteiger partial charge in [0, 0.05) is 26.2 Å². The molecule has 2 rings (SSSR count). The van der Waals surface area contributed by atoms with Gasteiger partial charge in [-0.15, -0.1) is 0 Å². The average molecular weight is 369 g/mol. The van der Waals surface area contributed by atoms with Crippen LogP contribution in [0.15, 0.2) is 68.2 Å². The molecule has 2 aromatic rings. The molecule has 0 aliphatic carbocycles. The number of nitro groups is 1. The van der Waals surface area contributed by atoms with Crippen LogP contribution in [0.3, 0.4) is 0 Å². The fourth-order valence-electron chi connectivity index (χ4n) is 1.83. The van der Waals surface area contributed by atoms with Crippen molar-refractivity contribution in [3.8, 4) is 0 Å². The molecule has 0 unspecified atom stereocenters. The summed E-state index contributed by atoms with van der Waals surface area (Å²) in [6.07, 6.45) is 0. The molecule has 10 heteroatoms. The Morgan fingerprint density at radius 3 is 1.92 bits per heavy atom. The maximum atomic E-state index is 13.2. The molecule has 0 radical (unpaired) electrons. The van der Waals surface area contributed by atoms with Gasteiger partial charge in [-0.1, -0.05) is 22.0 Å². The molecule has 0 saturated heterocycles. The number of sulfonamides is 1. The molecule has 24 heavy (non-hydrogen) atoms. The van der Waals surface area contributed by atoms with E-state index in [1.165, 1.54) is 54.8 Å². The summed E-state index contributed by atoms with van der Waals surface area (Å²) in [5, 5.41) is 10.7. The lowest BCUT2D eigenvalue weighted by Gasteiger charge is -2.17. The molecule has 0 heterocycles. The molecule has 1 atom stereocenters. The number of benzene rings is 2. The zero-order valence-electron chi connectivity index (χ0n) is 12.9. The molecule has 2 aromatic carbocycles. The minimum atomic E-state index is -4.16. The molecular formula is C14H15N3O5S2. The van der Waals surface area contributed by atoms with Gasteiger partial charge in [0.25, 0.3) is 15.7 Å². The van der Waals surface area contributed by atoms with Crippen LogP contribution in [0, 0.1) is 10.1 Å². The summed E-state index contributed by atoms with van der Waals surface area (Å²) in [5.74, 6) is 0. The van der Waals surface area contributed by atoms with Crippen LogP contribution >= 0.6 is 0 Å². The van der Waals surface area contributed by atoms with Gasteiger partial charge in [-0.2, -0.15) is 8.42 Å². The minimum absolute atomic E-state index is 0.0672. The SMILES string of the molecule is CN(C)[S@@](=O)(=NS(=O)(=O)c1ccccc1)c1ccc([N+](=O)[O-])cc1. The van der Waals surface area contributed by atoms with Gasteiger partial charge in [-0.05, 0) is 24.3 Å². The highest BCUT2D eigenvalue weighted by Crippen LogP contribution is 2.23. The smallest absolute Gasteiger partial charge is 0.258 e. The second-order valence-corrected chi connectivity index (χ2v) is 9.14. The number of hydrogen-bond acceptors (Lipinski definition) is 5. The Kier molecular flexibility index (Phi) is 5.02. The number of nitro benzene ring substituents is 1. The van der Waals surface area contributed by atoms with Crippen molar-refractivity contribution < 1.29 is 17.6 Å². The zero-order valence-corrected chi connectivity index (χ0v) is 14.5. The Labute approximate surface area is 140 Å². The first-order valence-electron chi connectivity index (χ1n) is 6.67. The maximum absolute atomic E-state index is 13.2. The summed E-state index contributed by atoms with van der Waals surface area (Å²) in [7, 11) is -4.80. The quantitative estimate of drug-likeness (QED) is 0.593. The van der Waals surface area contributed by atoms with Crippen molar-refractivity contribution in [2.24, 2.45) is 3.77 Å². The van der Waals surface area contributed by atoms with Crippen LogP contribution in [-0.2, 0) is 19.9 Å². The highest BCUT2D eigenvalue weighted by Gasteiger charge is 2.23. The third-order valence-corrected chi connectivity index (χ3v) is 7.43. The summed E-state index contributed by atoms with van der Waals surface area (Å²) in [4.78, 5) is 10.1. The molecule has 0 N–H and O–H groups in total. The van der Waals surface area contributed by atoms with Gasteiger partial charge >= 0.3 is 0 Å². The van der Waals surface area contributed by atoms with Crippen LogP contribution in [-0.4, -0.2) is 36.0 Å². The number of non-ortho nitro benzene ring substituents is 1. The van der Waals surface area contributed by atoms with E-state index >= 15 is 0 Å². The van der Waals surface area contributed by atoms with Gasteiger partial charge in [0.15, 0.2) is 9.92 Å². The van der Waals surface area contributed by atoms with Gasteiger partial charge in [-0.3, -0.25) is 10.1 Å². The fraction of sp³-hybridized carbons (Fsp3) is 0.143. The van der Waals surface area contributed by atoms with Gasteiger partial charge in [0.1, 0.15) is 0 Å². The molecular weight excluding hydrogens is 354 g/mol. The van der Waals surface area contributed by atoms with Crippen molar-refractivity contribution in [3.05, 3.63) is 64.7 Å². The fourth-order valence-corrected chi connectivity index (χ4v) is 5.53. The Hall–Kier alpha value is -2.30. The lowest BCUT2D eigenvalue weighted by atomic mass is 10.3. The zero-order chi connectivity index (χ0) is 18.0. The Morgan fingerprint density at radius 2 is 1.46 bits per heavy atom. The largest absolute Gasteiger partial charge is 0.291 e. The summed E-state index contributed by atoms with van der Waals surface area (Å²) in [6, 6.07) is 12.2. The molecule has 0 aliphatic rings. The van der Waals surface area contributed by atoms with Gasteiger partial charge in [0.2, 0.25) is 0 Å². The van der Waals surface area contributed by atoms with Gasteiger partial charge in [-0.25, -0.2) is 8.51 Å². The number of nitrogens with zero attached hydrogens (tertiary/aromatic N) is 3. The van der Waals surface area contributed by atoms with E-state index < -0.39 is 24.9 Å². The van der Waals surface area contributed by atoms with Gasteiger partial charge in [0.05, 0.1) is 14.7 Å². The van der Waals surface area contributed by atoms with E-state index in [4.69, 9.17) is 0 Å². The predicted octanol–water partition coefficient (Wildman–Crippen LogP) is 2.29. The van der Waals surface area contributed by atoms with Crippen molar-refractivity contribution in [1.29, 1.82) is 0 Å². The van der Waals surface area contributed by atoms with Crippen molar-refractivity contribution in [3.63, 3.8) is 0 Å². The second kappa shape index (κ2) is 6.67. The topological polar surface area (TPSA) is 110 Å².